The first-order valence-corrected chi connectivity index (χ1v) is 10.3. The number of fused-ring (bicyclic) bond motifs is 1. The van der Waals surface area contributed by atoms with Crippen LogP contribution in [0.15, 0.2) is 29.5 Å². The lowest BCUT2D eigenvalue weighted by atomic mass is 10.0. The number of H-pyrrole nitrogens is 1. The summed E-state index contributed by atoms with van der Waals surface area (Å²) in [5.74, 6) is 0.882. The number of aromatic amines is 1. The third-order valence-corrected chi connectivity index (χ3v) is 6.33. The molecule has 0 bridgehead atoms. The maximum Gasteiger partial charge on any atom is 0.281 e. The summed E-state index contributed by atoms with van der Waals surface area (Å²) in [6, 6.07) is 4.05. The molecule has 1 N–H and O–H groups in total. The van der Waals surface area contributed by atoms with Crippen LogP contribution in [0.25, 0.3) is 11.0 Å². The maximum atomic E-state index is 12.8. The summed E-state index contributed by atoms with van der Waals surface area (Å²) < 4.78 is 0. The van der Waals surface area contributed by atoms with Crippen molar-refractivity contribution in [2.45, 2.75) is 32.2 Å². The minimum Gasteiger partial charge on any atom is -0.348 e. The van der Waals surface area contributed by atoms with Gasteiger partial charge in [-0.1, -0.05) is 11.8 Å². The molecule has 0 saturated carbocycles. The van der Waals surface area contributed by atoms with E-state index in [0.717, 1.165) is 55.2 Å². The first-order valence-electron chi connectivity index (χ1n) is 9.33. The number of aromatic nitrogens is 2. The van der Waals surface area contributed by atoms with E-state index in [4.69, 9.17) is 0 Å². The number of amides is 2. The first-order chi connectivity index (χ1) is 13.1. The summed E-state index contributed by atoms with van der Waals surface area (Å²) >= 11 is 1.65. The van der Waals surface area contributed by atoms with Crippen molar-refractivity contribution < 1.29 is 9.59 Å². The number of amidine groups is 1. The fraction of sp³-hybridized carbons (Fsp3) is 0.474. The molecule has 2 fully saturated rings. The Hall–Kier alpha value is -2.35. The van der Waals surface area contributed by atoms with Crippen molar-refractivity contribution in [2.24, 2.45) is 4.99 Å². The van der Waals surface area contributed by atoms with Crippen LogP contribution in [0.2, 0.25) is 0 Å². The largest absolute Gasteiger partial charge is 0.348 e. The summed E-state index contributed by atoms with van der Waals surface area (Å²) in [6.07, 6.45) is 6.31. The third-order valence-electron chi connectivity index (χ3n) is 5.25. The highest BCUT2D eigenvalue weighted by Crippen LogP contribution is 2.26. The van der Waals surface area contributed by atoms with Crippen LogP contribution < -0.4 is 0 Å². The average Bonchev–Trinajstić information content (AvgIpc) is 3.13. The number of thioether (sulfide) groups is 1. The first kappa shape index (κ1) is 18.0. The molecule has 2 aliphatic rings. The van der Waals surface area contributed by atoms with Gasteiger partial charge in [-0.15, -0.1) is 0 Å². The van der Waals surface area contributed by atoms with Crippen molar-refractivity contribution in [3.8, 4) is 0 Å². The molecule has 4 heterocycles. The summed E-state index contributed by atoms with van der Waals surface area (Å²) in [4.78, 5) is 40.3. The second-order valence-electron chi connectivity index (χ2n) is 6.93. The van der Waals surface area contributed by atoms with Crippen LogP contribution in [0.4, 0.5) is 0 Å². The zero-order valence-corrected chi connectivity index (χ0v) is 16.2. The molecule has 4 rings (SSSR count). The van der Waals surface area contributed by atoms with Gasteiger partial charge in [-0.25, -0.2) is 4.98 Å². The Morgan fingerprint density at radius 1 is 1.30 bits per heavy atom. The van der Waals surface area contributed by atoms with E-state index in [-0.39, 0.29) is 11.8 Å². The highest BCUT2D eigenvalue weighted by molar-refractivity contribution is 8.13. The second kappa shape index (κ2) is 7.72. The molecule has 2 saturated heterocycles. The number of likely N-dealkylation sites (tertiary alicyclic amines) is 1. The van der Waals surface area contributed by atoms with Gasteiger partial charge in [0.05, 0.1) is 5.56 Å². The molecule has 8 heteroatoms. The molecule has 0 radical (unpaired) electrons. The van der Waals surface area contributed by atoms with Crippen molar-refractivity contribution in [3.05, 3.63) is 30.1 Å². The van der Waals surface area contributed by atoms with Gasteiger partial charge in [-0.05, 0) is 31.4 Å². The van der Waals surface area contributed by atoms with Crippen molar-refractivity contribution >= 4 is 39.8 Å². The van der Waals surface area contributed by atoms with E-state index in [1.165, 1.54) is 0 Å². The second-order valence-corrected chi connectivity index (χ2v) is 8.00. The van der Waals surface area contributed by atoms with Gasteiger partial charge in [-0.2, -0.15) is 4.99 Å². The molecule has 2 aromatic heterocycles. The Morgan fingerprint density at radius 2 is 2.11 bits per heavy atom. The number of nitrogens with one attached hydrogen (secondary N) is 1. The molecule has 27 heavy (non-hydrogen) atoms. The third kappa shape index (κ3) is 3.71. The van der Waals surface area contributed by atoms with Gasteiger partial charge < -0.3 is 14.8 Å². The van der Waals surface area contributed by atoms with Crippen LogP contribution >= 0.6 is 11.8 Å². The highest BCUT2D eigenvalue weighted by atomic mass is 32.2. The highest BCUT2D eigenvalue weighted by Gasteiger charge is 2.30. The number of hydrogen-bond donors (Lipinski definition) is 1. The Kier molecular flexibility index (Phi) is 5.15. The Balaban J connectivity index is 1.53. The lowest BCUT2D eigenvalue weighted by Gasteiger charge is -2.41. The number of aliphatic imine (C=N–C) groups is 1. The minimum absolute atomic E-state index is 0.137. The van der Waals surface area contributed by atoms with Crippen LogP contribution in [0.3, 0.4) is 0 Å². The fourth-order valence-corrected chi connectivity index (χ4v) is 4.79. The molecule has 2 aromatic rings. The van der Waals surface area contributed by atoms with Crippen molar-refractivity contribution in [1.29, 1.82) is 0 Å². The van der Waals surface area contributed by atoms with E-state index >= 15 is 0 Å². The lowest BCUT2D eigenvalue weighted by molar-refractivity contribution is -0.130. The van der Waals surface area contributed by atoms with Gasteiger partial charge in [0.1, 0.15) is 5.65 Å². The SMILES string of the molecule is CC(=O)N1CCC(N2CCCS/C2=N\C(=O)c2c[nH]c3ncccc23)CC1. The summed E-state index contributed by atoms with van der Waals surface area (Å²) in [6.45, 7) is 4.09. The predicted molar refractivity (Wildman–Crippen MR) is 107 cm³/mol. The number of piperidine rings is 1. The van der Waals surface area contributed by atoms with Crippen molar-refractivity contribution in [1.82, 2.24) is 19.8 Å². The topological polar surface area (TPSA) is 81.7 Å². The van der Waals surface area contributed by atoms with E-state index in [1.54, 1.807) is 31.1 Å². The Morgan fingerprint density at radius 3 is 2.89 bits per heavy atom. The lowest BCUT2D eigenvalue weighted by Crippen LogP contribution is -2.49. The molecule has 7 nitrogen and oxygen atoms in total. The molecule has 142 valence electrons. The minimum atomic E-state index is -0.232. The van der Waals surface area contributed by atoms with Gasteiger partial charge >= 0.3 is 0 Å². The predicted octanol–water partition coefficient (Wildman–Crippen LogP) is 2.51. The number of pyridine rings is 1. The van der Waals surface area contributed by atoms with Gasteiger partial charge in [0, 0.05) is 56.1 Å². The zero-order chi connectivity index (χ0) is 18.8. The number of carbonyl (C=O) groups excluding carboxylic acids is 2. The van der Waals surface area contributed by atoms with E-state index in [9.17, 15) is 9.59 Å². The van der Waals surface area contributed by atoms with E-state index in [1.807, 2.05) is 17.0 Å². The summed E-state index contributed by atoms with van der Waals surface area (Å²) in [7, 11) is 0. The van der Waals surface area contributed by atoms with Gasteiger partial charge in [0.25, 0.3) is 5.91 Å². The standard InChI is InChI=1S/C19H23N5O2S/c1-13(25)23-9-5-14(6-10-23)24-8-3-11-27-19(24)22-18(26)16-12-21-17-15(16)4-2-7-20-17/h2,4,7,12,14H,3,5-6,8-11H2,1H3,(H,20,21)/b22-19-. The van der Waals surface area contributed by atoms with Crippen LogP contribution in [0.1, 0.15) is 36.5 Å². The van der Waals surface area contributed by atoms with Crippen LogP contribution in [-0.2, 0) is 4.79 Å². The van der Waals surface area contributed by atoms with Crippen molar-refractivity contribution in [3.63, 3.8) is 0 Å². The van der Waals surface area contributed by atoms with Crippen LogP contribution in [0, 0.1) is 0 Å². The smallest absolute Gasteiger partial charge is 0.281 e. The number of nitrogens with zero attached hydrogens (tertiary/aromatic N) is 4. The molecule has 2 aliphatic heterocycles. The van der Waals surface area contributed by atoms with Gasteiger partial charge in [-0.3, -0.25) is 9.59 Å². The van der Waals surface area contributed by atoms with Gasteiger partial charge in [0.15, 0.2) is 5.17 Å². The number of rotatable bonds is 2. The van der Waals surface area contributed by atoms with Crippen LogP contribution in [0.5, 0.6) is 0 Å². The summed E-state index contributed by atoms with van der Waals surface area (Å²) in [5.41, 5.74) is 1.26. The van der Waals surface area contributed by atoms with Crippen molar-refractivity contribution in [2.75, 3.05) is 25.4 Å². The number of hydrogen-bond acceptors (Lipinski definition) is 4. The molecule has 0 unspecified atom stereocenters. The molecule has 0 aliphatic carbocycles. The average molecular weight is 385 g/mol. The summed E-state index contributed by atoms with van der Waals surface area (Å²) in [5, 5.41) is 1.61. The maximum absolute atomic E-state index is 12.8. The normalized spacial score (nSPS) is 20.4. The Labute approximate surface area is 162 Å². The molecule has 0 aromatic carbocycles. The quantitative estimate of drug-likeness (QED) is 0.859. The zero-order valence-electron chi connectivity index (χ0n) is 15.4. The van der Waals surface area contributed by atoms with E-state index < -0.39 is 0 Å². The van der Waals surface area contributed by atoms with Gasteiger partial charge in [0.2, 0.25) is 5.91 Å². The molecular formula is C19H23N5O2S. The van der Waals surface area contributed by atoms with Crippen LogP contribution in [-0.4, -0.2) is 68.2 Å². The van der Waals surface area contributed by atoms with E-state index in [2.05, 4.69) is 19.9 Å². The molecule has 0 spiro atoms. The molecular weight excluding hydrogens is 362 g/mol. The van der Waals surface area contributed by atoms with E-state index in [0.29, 0.717) is 17.3 Å². The molecule has 2 amide bonds. The Bertz CT molecular complexity index is 885. The number of carbonyl (C=O) groups is 2. The molecule has 0 atom stereocenters. The fourth-order valence-electron chi connectivity index (χ4n) is 3.78. The monoisotopic (exact) mass is 385 g/mol.